The molecule has 0 radical (unpaired) electrons. The first kappa shape index (κ1) is 20.0. The lowest BCUT2D eigenvalue weighted by Crippen LogP contribution is -2.45. The van der Waals surface area contributed by atoms with Crippen LogP contribution in [-0.2, 0) is 10.1 Å². The van der Waals surface area contributed by atoms with Gasteiger partial charge in [0.1, 0.15) is 0 Å². The molecule has 2 aromatic rings. The van der Waals surface area contributed by atoms with Crippen LogP contribution in [0.4, 0.5) is 11.4 Å². The van der Waals surface area contributed by atoms with E-state index in [1.165, 1.54) is 19.1 Å². The quantitative estimate of drug-likeness (QED) is 0.376. The number of nitro benzene ring substituents is 1. The fourth-order valence-corrected chi connectivity index (χ4v) is 4.05. The molecule has 0 bridgehead atoms. The fraction of sp³-hybridized carbons (Fsp3) is 0.158. The molecule has 0 saturated carbocycles. The molecule has 0 spiro atoms. The van der Waals surface area contributed by atoms with E-state index in [9.17, 15) is 20.2 Å². The Morgan fingerprint density at radius 2 is 2.14 bits per heavy atom. The van der Waals surface area contributed by atoms with Gasteiger partial charge in [0.25, 0.3) is 5.69 Å². The van der Waals surface area contributed by atoms with E-state index in [2.05, 4.69) is 43.4 Å². The standard InChI is InChI=1S/C19H14Br2N4O3/c1-11(26)23-24-10-14(9-22)18(12-3-2-4-15(21)5-12)17-7-16(25(27)28)6-13(8-20)19(17)24/h2-7H,8,10H2,1H3,(H,23,26). The van der Waals surface area contributed by atoms with E-state index in [-0.39, 0.29) is 18.1 Å². The molecule has 2 aromatic carbocycles. The van der Waals surface area contributed by atoms with Gasteiger partial charge in [0.2, 0.25) is 5.91 Å². The Morgan fingerprint density at radius 1 is 1.39 bits per heavy atom. The van der Waals surface area contributed by atoms with E-state index >= 15 is 0 Å². The van der Waals surface area contributed by atoms with Gasteiger partial charge in [-0.25, -0.2) is 0 Å². The molecule has 1 aliphatic rings. The number of carbonyl (C=O) groups is 1. The highest BCUT2D eigenvalue weighted by molar-refractivity contribution is 9.10. The number of fused-ring (bicyclic) bond motifs is 1. The molecule has 3 rings (SSSR count). The Bertz CT molecular complexity index is 1060. The van der Waals surface area contributed by atoms with Crippen molar-refractivity contribution in [1.29, 1.82) is 5.26 Å². The summed E-state index contributed by atoms with van der Waals surface area (Å²) in [6.45, 7) is 1.53. The topological polar surface area (TPSA) is 99.3 Å². The van der Waals surface area contributed by atoms with Gasteiger partial charge >= 0.3 is 0 Å². The number of nitro groups is 1. The number of hydrogen-bond donors (Lipinski definition) is 1. The van der Waals surface area contributed by atoms with Crippen molar-refractivity contribution in [1.82, 2.24) is 5.43 Å². The van der Waals surface area contributed by atoms with Gasteiger partial charge in [-0.3, -0.25) is 25.3 Å². The van der Waals surface area contributed by atoms with Crippen LogP contribution >= 0.6 is 31.9 Å². The second kappa shape index (κ2) is 8.12. The molecule has 142 valence electrons. The first-order valence-electron chi connectivity index (χ1n) is 8.17. The van der Waals surface area contributed by atoms with Crippen molar-refractivity contribution in [3.8, 4) is 6.07 Å². The van der Waals surface area contributed by atoms with Crippen LogP contribution in [0.15, 0.2) is 46.4 Å². The molecule has 9 heteroatoms. The first-order chi connectivity index (χ1) is 13.3. The molecule has 0 unspecified atom stereocenters. The Morgan fingerprint density at radius 3 is 2.71 bits per heavy atom. The Labute approximate surface area is 178 Å². The van der Waals surface area contributed by atoms with Crippen LogP contribution in [-0.4, -0.2) is 17.4 Å². The summed E-state index contributed by atoms with van der Waals surface area (Å²) in [7, 11) is 0. The number of rotatable bonds is 4. The molecule has 1 aliphatic heterocycles. The number of amides is 1. The second-order valence-electron chi connectivity index (χ2n) is 6.12. The zero-order chi connectivity index (χ0) is 20.4. The summed E-state index contributed by atoms with van der Waals surface area (Å²) in [5.41, 5.74) is 6.22. The van der Waals surface area contributed by atoms with Crippen molar-refractivity contribution in [2.45, 2.75) is 12.3 Å². The SMILES string of the molecule is CC(=O)NN1CC(C#N)=C(c2cccc(Br)c2)c2cc([N+](=O)[O-])cc(CBr)c21. The summed E-state index contributed by atoms with van der Waals surface area (Å²) in [6.07, 6.45) is 0. The van der Waals surface area contributed by atoms with Gasteiger partial charge in [0, 0.05) is 40.0 Å². The van der Waals surface area contributed by atoms with Gasteiger partial charge in [-0.2, -0.15) is 5.26 Å². The molecule has 0 atom stereocenters. The molecule has 1 N–H and O–H groups in total. The highest BCUT2D eigenvalue weighted by Gasteiger charge is 2.30. The number of benzene rings is 2. The Kier molecular flexibility index (Phi) is 5.82. The van der Waals surface area contributed by atoms with E-state index in [1.54, 1.807) is 5.01 Å². The molecule has 0 aromatic heterocycles. The van der Waals surface area contributed by atoms with Gasteiger partial charge in [-0.1, -0.05) is 44.0 Å². The summed E-state index contributed by atoms with van der Waals surface area (Å²) in [5.74, 6) is -0.298. The summed E-state index contributed by atoms with van der Waals surface area (Å²) < 4.78 is 0.826. The number of nitrogens with one attached hydrogen (secondary N) is 1. The lowest BCUT2D eigenvalue weighted by Gasteiger charge is -2.34. The monoisotopic (exact) mass is 504 g/mol. The van der Waals surface area contributed by atoms with Crippen molar-refractivity contribution in [2.75, 3.05) is 11.6 Å². The van der Waals surface area contributed by atoms with Gasteiger partial charge < -0.3 is 0 Å². The third-order valence-electron chi connectivity index (χ3n) is 4.23. The maximum atomic E-state index is 11.7. The minimum atomic E-state index is -0.464. The van der Waals surface area contributed by atoms with Crippen LogP contribution in [0.3, 0.4) is 0 Å². The van der Waals surface area contributed by atoms with Crippen molar-refractivity contribution < 1.29 is 9.72 Å². The van der Waals surface area contributed by atoms with E-state index in [0.717, 1.165) is 10.0 Å². The molecule has 1 amide bonds. The number of hydrazine groups is 1. The molecule has 0 saturated heterocycles. The minimum absolute atomic E-state index is 0.0809. The number of hydrogen-bond acceptors (Lipinski definition) is 5. The number of halogens is 2. The van der Waals surface area contributed by atoms with Crippen molar-refractivity contribution in [3.05, 3.63) is 73.2 Å². The fourth-order valence-electron chi connectivity index (χ4n) is 3.22. The maximum absolute atomic E-state index is 11.7. The summed E-state index contributed by atoms with van der Waals surface area (Å²) in [5, 5.41) is 23.2. The van der Waals surface area contributed by atoms with Gasteiger partial charge in [0.15, 0.2) is 0 Å². The van der Waals surface area contributed by atoms with Crippen molar-refractivity contribution >= 4 is 54.7 Å². The molecule has 0 fully saturated rings. The number of nitrogens with zero attached hydrogens (tertiary/aromatic N) is 3. The largest absolute Gasteiger partial charge is 0.279 e. The van der Waals surface area contributed by atoms with E-state index < -0.39 is 4.92 Å². The normalized spacial score (nSPS) is 13.0. The first-order valence-corrected chi connectivity index (χ1v) is 10.1. The van der Waals surface area contributed by atoms with Gasteiger partial charge in [0.05, 0.1) is 28.8 Å². The molecular formula is C19H14Br2N4O3. The highest BCUT2D eigenvalue weighted by atomic mass is 79.9. The average Bonchev–Trinajstić information content (AvgIpc) is 2.65. The molecule has 0 aliphatic carbocycles. The van der Waals surface area contributed by atoms with E-state index in [0.29, 0.717) is 33.3 Å². The average molecular weight is 506 g/mol. The third-order valence-corrected chi connectivity index (χ3v) is 5.32. The Balaban J connectivity index is 2.37. The van der Waals surface area contributed by atoms with E-state index in [4.69, 9.17) is 0 Å². The molecule has 7 nitrogen and oxygen atoms in total. The Hall–Kier alpha value is -2.70. The summed E-state index contributed by atoms with van der Waals surface area (Å²) >= 11 is 6.82. The van der Waals surface area contributed by atoms with Crippen LogP contribution in [0.2, 0.25) is 0 Å². The van der Waals surface area contributed by atoms with Gasteiger partial charge in [-0.15, -0.1) is 0 Å². The molecular weight excluding hydrogens is 492 g/mol. The van der Waals surface area contributed by atoms with Crippen LogP contribution in [0, 0.1) is 21.4 Å². The smallest absolute Gasteiger partial charge is 0.270 e. The van der Waals surface area contributed by atoms with Crippen LogP contribution in [0.5, 0.6) is 0 Å². The highest BCUT2D eigenvalue weighted by Crippen LogP contribution is 2.43. The summed E-state index contributed by atoms with van der Waals surface area (Å²) in [6, 6.07) is 12.5. The summed E-state index contributed by atoms with van der Waals surface area (Å²) in [4.78, 5) is 22.7. The lowest BCUT2D eigenvalue weighted by molar-refractivity contribution is -0.384. The van der Waals surface area contributed by atoms with E-state index in [1.807, 2.05) is 24.3 Å². The predicted octanol–water partition coefficient (Wildman–Crippen LogP) is 4.45. The lowest BCUT2D eigenvalue weighted by atomic mass is 9.87. The number of carbonyl (C=O) groups excluding carboxylic acids is 1. The number of non-ortho nitro benzene ring substituents is 1. The zero-order valence-electron chi connectivity index (χ0n) is 14.7. The number of anilines is 1. The third kappa shape index (κ3) is 3.79. The van der Waals surface area contributed by atoms with Gasteiger partial charge in [-0.05, 0) is 23.3 Å². The predicted molar refractivity (Wildman–Crippen MR) is 113 cm³/mol. The van der Waals surface area contributed by atoms with Crippen LogP contribution in [0.25, 0.3) is 5.57 Å². The van der Waals surface area contributed by atoms with Crippen molar-refractivity contribution in [3.63, 3.8) is 0 Å². The second-order valence-corrected chi connectivity index (χ2v) is 7.60. The maximum Gasteiger partial charge on any atom is 0.270 e. The minimum Gasteiger partial charge on any atom is -0.279 e. The molecule has 28 heavy (non-hydrogen) atoms. The number of nitriles is 1. The zero-order valence-corrected chi connectivity index (χ0v) is 17.9. The number of alkyl halides is 1. The van der Waals surface area contributed by atoms with Crippen LogP contribution in [0.1, 0.15) is 23.6 Å². The van der Waals surface area contributed by atoms with Crippen LogP contribution < -0.4 is 10.4 Å². The molecule has 1 heterocycles. The van der Waals surface area contributed by atoms with Crippen molar-refractivity contribution in [2.24, 2.45) is 0 Å².